The van der Waals surface area contributed by atoms with Crippen LogP contribution in [0.3, 0.4) is 0 Å². The van der Waals surface area contributed by atoms with Crippen LogP contribution in [0.2, 0.25) is 0 Å². The molecule has 5 rings (SSSR count). The van der Waals surface area contributed by atoms with Gasteiger partial charge in [-0.15, -0.1) is 0 Å². The maximum atomic E-state index is 13.0. The standard InChI is InChI=1S/C23H24N4O4S/c1-16-20(25-32-24-16)14-29-19-4-2-3-18(12-19)23(28)27-9-7-26(8-10-27)13-17-5-6-21-22(11-17)31-15-30-21/h2-6,11-12H,7-10,13-15H2,1H3. The van der Waals surface area contributed by atoms with Crippen molar-refractivity contribution in [3.8, 4) is 17.2 Å². The Kier molecular flexibility index (Phi) is 5.91. The summed E-state index contributed by atoms with van der Waals surface area (Å²) in [5.74, 6) is 2.29. The second-order valence-corrected chi connectivity index (χ2v) is 8.40. The molecule has 0 radical (unpaired) electrons. The van der Waals surface area contributed by atoms with Gasteiger partial charge in [0.2, 0.25) is 6.79 Å². The van der Waals surface area contributed by atoms with Crippen molar-refractivity contribution in [2.45, 2.75) is 20.1 Å². The molecule has 1 fully saturated rings. The van der Waals surface area contributed by atoms with E-state index < -0.39 is 0 Å². The summed E-state index contributed by atoms with van der Waals surface area (Å²) in [6.45, 7) is 6.41. The van der Waals surface area contributed by atoms with Gasteiger partial charge in [-0.2, -0.15) is 8.75 Å². The third-order valence-corrected chi connectivity index (χ3v) is 6.36. The van der Waals surface area contributed by atoms with Crippen LogP contribution in [0, 0.1) is 6.92 Å². The highest BCUT2D eigenvalue weighted by atomic mass is 32.1. The molecule has 1 aromatic heterocycles. The van der Waals surface area contributed by atoms with Crippen molar-refractivity contribution in [1.82, 2.24) is 18.5 Å². The van der Waals surface area contributed by atoms with Crippen LogP contribution in [0.1, 0.15) is 27.3 Å². The first-order chi connectivity index (χ1) is 15.7. The molecular weight excluding hydrogens is 428 g/mol. The van der Waals surface area contributed by atoms with Crippen LogP contribution in [0.25, 0.3) is 0 Å². The smallest absolute Gasteiger partial charge is 0.254 e. The minimum atomic E-state index is 0.0321. The molecule has 0 N–H and O–H groups in total. The van der Waals surface area contributed by atoms with E-state index in [1.54, 1.807) is 6.07 Å². The number of piperazine rings is 1. The van der Waals surface area contributed by atoms with Gasteiger partial charge in [0, 0.05) is 38.3 Å². The molecule has 1 amide bonds. The zero-order valence-electron chi connectivity index (χ0n) is 17.8. The van der Waals surface area contributed by atoms with E-state index in [1.807, 2.05) is 42.2 Å². The van der Waals surface area contributed by atoms with Gasteiger partial charge in [0.15, 0.2) is 11.5 Å². The molecule has 2 aliphatic heterocycles. The predicted molar refractivity (Wildman–Crippen MR) is 119 cm³/mol. The number of fused-ring (bicyclic) bond motifs is 1. The van der Waals surface area contributed by atoms with E-state index in [9.17, 15) is 4.79 Å². The van der Waals surface area contributed by atoms with Gasteiger partial charge in [-0.3, -0.25) is 9.69 Å². The number of nitrogens with zero attached hydrogens (tertiary/aromatic N) is 4. The van der Waals surface area contributed by atoms with E-state index in [1.165, 1.54) is 17.3 Å². The molecule has 0 spiro atoms. The fourth-order valence-electron chi connectivity index (χ4n) is 3.84. The highest BCUT2D eigenvalue weighted by Crippen LogP contribution is 2.32. The van der Waals surface area contributed by atoms with Gasteiger partial charge in [0.05, 0.1) is 17.4 Å². The van der Waals surface area contributed by atoms with Crippen molar-refractivity contribution in [3.05, 3.63) is 65.0 Å². The number of hydrogen-bond acceptors (Lipinski definition) is 8. The van der Waals surface area contributed by atoms with Crippen molar-refractivity contribution in [2.24, 2.45) is 0 Å². The molecule has 2 aromatic carbocycles. The van der Waals surface area contributed by atoms with Gasteiger partial charge < -0.3 is 19.1 Å². The first kappa shape index (κ1) is 20.7. The maximum Gasteiger partial charge on any atom is 0.254 e. The summed E-state index contributed by atoms with van der Waals surface area (Å²) in [5, 5.41) is 0. The minimum absolute atomic E-state index is 0.0321. The lowest BCUT2D eigenvalue weighted by atomic mass is 10.1. The van der Waals surface area contributed by atoms with Crippen LogP contribution in [-0.2, 0) is 13.2 Å². The van der Waals surface area contributed by atoms with Crippen molar-refractivity contribution in [3.63, 3.8) is 0 Å². The van der Waals surface area contributed by atoms with Crippen LogP contribution in [-0.4, -0.2) is 57.4 Å². The fraction of sp³-hybridized carbons (Fsp3) is 0.348. The summed E-state index contributed by atoms with van der Waals surface area (Å²) >= 11 is 1.18. The normalized spacial score (nSPS) is 15.7. The average Bonchev–Trinajstić information content (AvgIpc) is 3.46. The van der Waals surface area contributed by atoms with Crippen molar-refractivity contribution in [2.75, 3.05) is 33.0 Å². The molecule has 166 valence electrons. The molecule has 0 unspecified atom stereocenters. The summed E-state index contributed by atoms with van der Waals surface area (Å²) in [4.78, 5) is 17.3. The molecule has 3 heterocycles. The molecule has 1 saturated heterocycles. The lowest BCUT2D eigenvalue weighted by Crippen LogP contribution is -2.48. The third-order valence-electron chi connectivity index (χ3n) is 5.71. The Labute approximate surface area is 190 Å². The van der Waals surface area contributed by atoms with Gasteiger partial charge in [-0.1, -0.05) is 12.1 Å². The zero-order chi connectivity index (χ0) is 21.9. The van der Waals surface area contributed by atoms with Crippen LogP contribution in [0.5, 0.6) is 17.2 Å². The van der Waals surface area contributed by atoms with Gasteiger partial charge in [0.1, 0.15) is 18.1 Å². The van der Waals surface area contributed by atoms with E-state index in [2.05, 4.69) is 19.7 Å². The van der Waals surface area contributed by atoms with Gasteiger partial charge >= 0.3 is 0 Å². The summed E-state index contributed by atoms with van der Waals surface area (Å²) < 4.78 is 25.1. The van der Waals surface area contributed by atoms with Crippen LogP contribution in [0.15, 0.2) is 42.5 Å². The molecule has 0 atom stereocenters. The monoisotopic (exact) mass is 452 g/mol. The zero-order valence-corrected chi connectivity index (χ0v) is 18.6. The summed E-state index contributed by atoms with van der Waals surface area (Å²) in [6, 6.07) is 13.4. The largest absolute Gasteiger partial charge is 0.487 e. The highest BCUT2D eigenvalue weighted by molar-refractivity contribution is 6.99. The molecule has 0 saturated carbocycles. The molecule has 0 bridgehead atoms. The number of hydrogen-bond donors (Lipinski definition) is 0. The lowest BCUT2D eigenvalue weighted by molar-refractivity contribution is 0.0628. The molecule has 32 heavy (non-hydrogen) atoms. The molecule has 0 aliphatic carbocycles. The highest BCUT2D eigenvalue weighted by Gasteiger charge is 2.23. The minimum Gasteiger partial charge on any atom is -0.487 e. The quantitative estimate of drug-likeness (QED) is 0.569. The first-order valence-electron chi connectivity index (χ1n) is 10.6. The summed E-state index contributed by atoms with van der Waals surface area (Å²) in [6.07, 6.45) is 0. The maximum absolute atomic E-state index is 13.0. The van der Waals surface area contributed by atoms with E-state index in [0.717, 1.165) is 42.5 Å². The summed E-state index contributed by atoms with van der Waals surface area (Å²) in [5.41, 5.74) is 3.52. The van der Waals surface area contributed by atoms with E-state index in [-0.39, 0.29) is 12.7 Å². The fourth-order valence-corrected chi connectivity index (χ4v) is 4.39. The number of aromatic nitrogens is 2. The van der Waals surface area contributed by atoms with Crippen LogP contribution >= 0.6 is 11.7 Å². The van der Waals surface area contributed by atoms with E-state index in [4.69, 9.17) is 14.2 Å². The molecule has 3 aromatic rings. The number of ether oxygens (including phenoxy) is 3. The first-order valence-corrected chi connectivity index (χ1v) is 11.3. The van der Waals surface area contributed by atoms with E-state index in [0.29, 0.717) is 31.0 Å². The third kappa shape index (κ3) is 4.53. The van der Waals surface area contributed by atoms with Gasteiger partial charge in [0.25, 0.3) is 5.91 Å². The Hall–Kier alpha value is -3.17. The average molecular weight is 453 g/mol. The Morgan fingerprint density at radius 3 is 2.72 bits per heavy atom. The number of carbonyl (C=O) groups is 1. The van der Waals surface area contributed by atoms with E-state index >= 15 is 0 Å². The molecule has 9 heteroatoms. The van der Waals surface area contributed by atoms with Crippen LogP contribution in [0.4, 0.5) is 0 Å². The van der Waals surface area contributed by atoms with Gasteiger partial charge in [-0.05, 0) is 42.8 Å². The Bertz CT molecular complexity index is 1110. The molecular formula is C23H24N4O4S. The second kappa shape index (κ2) is 9.13. The second-order valence-electron chi connectivity index (χ2n) is 7.87. The van der Waals surface area contributed by atoms with Crippen molar-refractivity contribution >= 4 is 17.6 Å². The Morgan fingerprint density at radius 1 is 1.06 bits per heavy atom. The Balaban J connectivity index is 1.15. The topological polar surface area (TPSA) is 77.0 Å². The molecule has 2 aliphatic rings. The van der Waals surface area contributed by atoms with Gasteiger partial charge in [-0.25, -0.2) is 0 Å². The molecule has 8 nitrogen and oxygen atoms in total. The number of aryl methyl sites for hydroxylation is 1. The predicted octanol–water partition coefficient (Wildman–Crippen LogP) is 3.11. The SMILES string of the molecule is Cc1nsnc1COc1cccc(C(=O)N2CCN(Cc3ccc4c(c3)OCO4)CC2)c1. The lowest BCUT2D eigenvalue weighted by Gasteiger charge is -2.34. The Morgan fingerprint density at radius 2 is 1.91 bits per heavy atom. The summed E-state index contributed by atoms with van der Waals surface area (Å²) in [7, 11) is 0. The van der Waals surface area contributed by atoms with Crippen molar-refractivity contribution in [1.29, 1.82) is 0 Å². The number of carbonyl (C=O) groups excluding carboxylic acids is 1. The number of benzene rings is 2. The van der Waals surface area contributed by atoms with Crippen molar-refractivity contribution < 1.29 is 19.0 Å². The van der Waals surface area contributed by atoms with Crippen LogP contribution < -0.4 is 14.2 Å². The number of rotatable bonds is 6. The number of amides is 1.